The fourth-order valence-corrected chi connectivity index (χ4v) is 1.90. The molecule has 0 atom stereocenters. The van der Waals surface area contributed by atoms with E-state index in [1.165, 1.54) is 50.5 Å². The number of benzene rings is 1. The molecule has 16 heavy (non-hydrogen) atoms. The fourth-order valence-electron chi connectivity index (χ4n) is 1.77. The summed E-state index contributed by atoms with van der Waals surface area (Å²) >= 11 is 5.05. The molecule has 0 saturated heterocycles. The molecule has 0 heterocycles. The van der Waals surface area contributed by atoms with Crippen molar-refractivity contribution in [2.75, 3.05) is 0 Å². The van der Waals surface area contributed by atoms with Gasteiger partial charge in [-0.2, -0.15) is 4.90 Å². The zero-order chi connectivity index (χ0) is 10.9. The van der Waals surface area contributed by atoms with Crippen molar-refractivity contribution in [1.29, 1.82) is 0 Å². The van der Waals surface area contributed by atoms with Gasteiger partial charge in [-0.05, 0) is 18.4 Å². The summed E-state index contributed by atoms with van der Waals surface area (Å²) in [5.74, 6) is 0. The first-order valence-corrected chi connectivity index (χ1v) is 6.49. The molecule has 0 aliphatic rings. The van der Waals surface area contributed by atoms with E-state index in [0.29, 0.717) is 0 Å². The van der Waals surface area contributed by atoms with Gasteiger partial charge < -0.3 is 12.6 Å². The van der Waals surface area contributed by atoms with Gasteiger partial charge in [0.25, 0.3) is 0 Å². The third-order valence-electron chi connectivity index (χ3n) is 2.74. The van der Waals surface area contributed by atoms with Crippen LogP contribution in [-0.2, 0) is 19.0 Å². The molecular formula is C14H21NaS. The molecule has 2 heteroatoms. The maximum Gasteiger partial charge on any atom is 1.00 e. The van der Waals surface area contributed by atoms with E-state index in [9.17, 15) is 0 Å². The molecule has 0 spiro atoms. The van der Waals surface area contributed by atoms with Gasteiger partial charge in [-0.25, -0.2) is 0 Å². The van der Waals surface area contributed by atoms with Crippen LogP contribution >= 0.6 is 0 Å². The van der Waals surface area contributed by atoms with E-state index >= 15 is 0 Å². The second-order valence-electron chi connectivity index (χ2n) is 4.16. The number of hydrogen-bond acceptors (Lipinski definition) is 1. The minimum atomic E-state index is 0. The van der Waals surface area contributed by atoms with E-state index in [2.05, 4.69) is 19.1 Å². The molecule has 0 unspecified atom stereocenters. The molecule has 0 aromatic heterocycles. The first kappa shape index (κ1) is 16.4. The molecule has 0 aliphatic carbocycles. The van der Waals surface area contributed by atoms with Crippen molar-refractivity contribution >= 4 is 12.6 Å². The maximum atomic E-state index is 5.05. The van der Waals surface area contributed by atoms with Crippen LogP contribution in [0.3, 0.4) is 0 Å². The standard InChI is InChI=1S/C14H22S.Na/c1-2-3-4-5-6-7-8-13-9-11-14(15)12-10-13;/h9-12,15H,2-8H2,1H3;/q;+1/p-1. The van der Waals surface area contributed by atoms with Gasteiger partial charge in [0.1, 0.15) is 0 Å². The van der Waals surface area contributed by atoms with Crippen LogP contribution < -0.4 is 29.6 Å². The van der Waals surface area contributed by atoms with E-state index in [4.69, 9.17) is 12.6 Å². The molecule has 0 radical (unpaired) electrons. The van der Waals surface area contributed by atoms with E-state index in [-0.39, 0.29) is 29.6 Å². The van der Waals surface area contributed by atoms with Crippen molar-refractivity contribution in [2.24, 2.45) is 0 Å². The minimum absolute atomic E-state index is 0. The summed E-state index contributed by atoms with van der Waals surface area (Å²) in [6.07, 6.45) is 9.43. The van der Waals surface area contributed by atoms with E-state index < -0.39 is 0 Å². The molecule has 0 fully saturated rings. The Labute approximate surface area is 128 Å². The Balaban J connectivity index is 0.00000225. The van der Waals surface area contributed by atoms with Gasteiger partial charge in [-0.3, -0.25) is 0 Å². The van der Waals surface area contributed by atoms with Gasteiger partial charge in [0, 0.05) is 0 Å². The topological polar surface area (TPSA) is 0 Å². The largest absolute Gasteiger partial charge is 1.00 e. The Morgan fingerprint density at radius 1 is 0.875 bits per heavy atom. The quantitative estimate of drug-likeness (QED) is 0.398. The molecule has 0 amide bonds. The molecule has 84 valence electrons. The molecule has 0 saturated carbocycles. The van der Waals surface area contributed by atoms with Crippen LogP contribution in [0.25, 0.3) is 0 Å². The van der Waals surface area contributed by atoms with Crippen LogP contribution in [0.15, 0.2) is 29.2 Å². The summed E-state index contributed by atoms with van der Waals surface area (Å²) in [6, 6.07) is 8.38. The summed E-state index contributed by atoms with van der Waals surface area (Å²) in [4.78, 5) is 0.946. The zero-order valence-corrected chi connectivity index (χ0v) is 13.5. The first-order valence-electron chi connectivity index (χ1n) is 6.09. The molecule has 1 aromatic rings. The van der Waals surface area contributed by atoms with Crippen LogP contribution in [0.1, 0.15) is 51.0 Å². The molecule has 0 aliphatic heterocycles. The first-order chi connectivity index (χ1) is 7.33. The van der Waals surface area contributed by atoms with E-state index in [1.807, 2.05) is 12.1 Å². The molecule has 0 bridgehead atoms. The zero-order valence-electron chi connectivity index (χ0n) is 10.7. The van der Waals surface area contributed by atoms with Gasteiger partial charge in [-0.15, -0.1) is 0 Å². The Morgan fingerprint density at radius 2 is 1.44 bits per heavy atom. The van der Waals surface area contributed by atoms with Crippen LogP contribution in [0.5, 0.6) is 0 Å². The van der Waals surface area contributed by atoms with Crippen molar-refractivity contribution in [3.63, 3.8) is 0 Å². The fraction of sp³-hybridized carbons (Fsp3) is 0.571. The third kappa shape index (κ3) is 7.67. The molecule has 1 rings (SSSR count). The van der Waals surface area contributed by atoms with Crippen LogP contribution in [0.2, 0.25) is 0 Å². The Morgan fingerprint density at radius 3 is 2.06 bits per heavy atom. The van der Waals surface area contributed by atoms with Crippen molar-refractivity contribution in [1.82, 2.24) is 0 Å². The molecule has 1 aromatic carbocycles. The van der Waals surface area contributed by atoms with Crippen LogP contribution in [0.4, 0.5) is 0 Å². The number of aryl methyl sites for hydroxylation is 1. The number of hydrogen-bond donors (Lipinski definition) is 0. The summed E-state index contributed by atoms with van der Waals surface area (Å²) in [5, 5.41) is 0. The molecule has 0 N–H and O–H groups in total. The van der Waals surface area contributed by atoms with Crippen LogP contribution in [-0.4, -0.2) is 0 Å². The smallest absolute Gasteiger partial charge is 0.780 e. The summed E-state index contributed by atoms with van der Waals surface area (Å²) in [5.41, 5.74) is 1.43. The predicted molar refractivity (Wildman–Crippen MR) is 69.2 cm³/mol. The Bertz CT molecular complexity index is 256. The van der Waals surface area contributed by atoms with Gasteiger partial charge in [0.15, 0.2) is 0 Å². The van der Waals surface area contributed by atoms with Gasteiger partial charge in [-0.1, -0.05) is 63.3 Å². The Hall–Kier alpha value is 0.440. The second kappa shape index (κ2) is 10.6. The van der Waals surface area contributed by atoms with E-state index in [1.54, 1.807) is 0 Å². The Kier molecular flexibility index (Phi) is 10.9. The third-order valence-corrected chi connectivity index (χ3v) is 3.01. The van der Waals surface area contributed by atoms with Gasteiger partial charge in [0.2, 0.25) is 0 Å². The van der Waals surface area contributed by atoms with Crippen molar-refractivity contribution in [2.45, 2.75) is 56.8 Å². The van der Waals surface area contributed by atoms with E-state index in [0.717, 1.165) is 4.90 Å². The van der Waals surface area contributed by atoms with Gasteiger partial charge in [0.05, 0.1) is 0 Å². The average Bonchev–Trinajstić information content (AvgIpc) is 2.26. The average molecular weight is 244 g/mol. The predicted octanol–water partition coefficient (Wildman–Crippen LogP) is 1.50. The summed E-state index contributed by atoms with van der Waals surface area (Å²) in [7, 11) is 0. The van der Waals surface area contributed by atoms with Crippen molar-refractivity contribution in [3.8, 4) is 0 Å². The summed E-state index contributed by atoms with van der Waals surface area (Å²) < 4.78 is 0. The number of unbranched alkanes of at least 4 members (excludes halogenated alkanes) is 5. The number of rotatable bonds is 7. The van der Waals surface area contributed by atoms with Gasteiger partial charge >= 0.3 is 29.6 Å². The monoisotopic (exact) mass is 244 g/mol. The summed E-state index contributed by atoms with van der Waals surface area (Å²) in [6.45, 7) is 2.26. The minimum Gasteiger partial charge on any atom is -0.780 e. The van der Waals surface area contributed by atoms with Crippen molar-refractivity contribution < 1.29 is 29.6 Å². The molecule has 0 nitrogen and oxygen atoms in total. The SMILES string of the molecule is CCCCCCCCc1ccc([S-])cc1.[Na+]. The van der Waals surface area contributed by atoms with Crippen LogP contribution in [0, 0.1) is 0 Å². The molecular weight excluding hydrogens is 223 g/mol. The maximum absolute atomic E-state index is 5.05. The second-order valence-corrected chi connectivity index (χ2v) is 4.63. The normalized spacial score (nSPS) is 9.81. The van der Waals surface area contributed by atoms with Crippen molar-refractivity contribution in [3.05, 3.63) is 29.8 Å².